The molecule has 0 aliphatic rings. The average molecular weight is 239 g/mol. The summed E-state index contributed by atoms with van der Waals surface area (Å²) in [6.07, 6.45) is 2.08. The fourth-order valence-corrected chi connectivity index (χ4v) is 1.77. The monoisotopic (exact) mass is 239 g/mol. The molecule has 1 aromatic rings. The molecule has 0 saturated carbocycles. The SMILES string of the molecule is CSCCN(C)c1cccc(/C(N)=N/O)c1. The second kappa shape index (κ2) is 6.27. The lowest BCUT2D eigenvalue weighted by molar-refractivity contribution is 0.318. The van der Waals surface area contributed by atoms with Gasteiger partial charge in [0.15, 0.2) is 5.84 Å². The van der Waals surface area contributed by atoms with Gasteiger partial charge in [-0.15, -0.1) is 0 Å². The summed E-state index contributed by atoms with van der Waals surface area (Å²) in [6.45, 7) is 0.973. The molecule has 0 heterocycles. The van der Waals surface area contributed by atoms with Crippen molar-refractivity contribution in [3.8, 4) is 0 Å². The number of nitrogens with two attached hydrogens (primary N) is 1. The highest BCUT2D eigenvalue weighted by atomic mass is 32.2. The molecule has 4 nitrogen and oxygen atoms in total. The van der Waals surface area contributed by atoms with Gasteiger partial charge in [-0.25, -0.2) is 0 Å². The van der Waals surface area contributed by atoms with Gasteiger partial charge in [0.25, 0.3) is 0 Å². The molecular formula is C11H17N3OS. The van der Waals surface area contributed by atoms with Crippen LogP contribution in [0.5, 0.6) is 0 Å². The van der Waals surface area contributed by atoms with Crippen LogP contribution in [-0.2, 0) is 0 Å². The predicted octanol–water partition coefficient (Wildman–Crippen LogP) is 1.58. The van der Waals surface area contributed by atoms with Gasteiger partial charge in [0, 0.05) is 30.6 Å². The Hall–Kier alpha value is -1.36. The van der Waals surface area contributed by atoms with Crippen molar-refractivity contribution in [3.63, 3.8) is 0 Å². The van der Waals surface area contributed by atoms with E-state index >= 15 is 0 Å². The number of amidine groups is 1. The van der Waals surface area contributed by atoms with E-state index in [4.69, 9.17) is 10.9 Å². The second-order valence-electron chi connectivity index (χ2n) is 3.45. The molecule has 0 aliphatic heterocycles. The van der Waals surface area contributed by atoms with Gasteiger partial charge >= 0.3 is 0 Å². The highest BCUT2D eigenvalue weighted by molar-refractivity contribution is 7.98. The third-order valence-electron chi connectivity index (χ3n) is 2.32. The summed E-state index contributed by atoms with van der Waals surface area (Å²) < 4.78 is 0. The molecule has 0 radical (unpaired) electrons. The zero-order chi connectivity index (χ0) is 12.0. The summed E-state index contributed by atoms with van der Waals surface area (Å²) >= 11 is 1.81. The van der Waals surface area contributed by atoms with Crippen LogP contribution in [0.1, 0.15) is 5.56 Å². The molecule has 0 fully saturated rings. The molecule has 5 heteroatoms. The third kappa shape index (κ3) is 3.34. The Bertz CT molecular complexity index is 368. The average Bonchev–Trinajstić information content (AvgIpc) is 2.35. The van der Waals surface area contributed by atoms with Crippen molar-refractivity contribution in [2.24, 2.45) is 10.9 Å². The first-order chi connectivity index (χ1) is 7.69. The Morgan fingerprint density at radius 1 is 1.56 bits per heavy atom. The van der Waals surface area contributed by atoms with E-state index in [-0.39, 0.29) is 5.84 Å². The molecule has 0 bridgehead atoms. The molecule has 0 amide bonds. The normalized spacial score (nSPS) is 11.5. The summed E-state index contributed by atoms with van der Waals surface area (Å²) in [5.74, 6) is 1.21. The first-order valence-electron chi connectivity index (χ1n) is 4.97. The van der Waals surface area contributed by atoms with Crippen LogP contribution in [0.3, 0.4) is 0 Å². The van der Waals surface area contributed by atoms with E-state index in [0.717, 1.165) is 23.5 Å². The second-order valence-corrected chi connectivity index (χ2v) is 4.44. The van der Waals surface area contributed by atoms with E-state index in [2.05, 4.69) is 16.3 Å². The lowest BCUT2D eigenvalue weighted by Crippen LogP contribution is -2.21. The molecular weight excluding hydrogens is 222 g/mol. The molecule has 0 unspecified atom stereocenters. The quantitative estimate of drug-likeness (QED) is 0.354. The van der Waals surface area contributed by atoms with Crippen LogP contribution in [0.15, 0.2) is 29.4 Å². The van der Waals surface area contributed by atoms with Crippen LogP contribution in [0.2, 0.25) is 0 Å². The van der Waals surface area contributed by atoms with Gasteiger partial charge in [-0.1, -0.05) is 17.3 Å². The van der Waals surface area contributed by atoms with Gasteiger partial charge in [0.05, 0.1) is 0 Å². The maximum Gasteiger partial charge on any atom is 0.170 e. The zero-order valence-electron chi connectivity index (χ0n) is 9.55. The minimum absolute atomic E-state index is 0.139. The Balaban J connectivity index is 2.81. The highest BCUT2D eigenvalue weighted by Crippen LogP contribution is 2.15. The largest absolute Gasteiger partial charge is 0.409 e. The number of hydrogen-bond donors (Lipinski definition) is 2. The Morgan fingerprint density at radius 3 is 2.94 bits per heavy atom. The smallest absolute Gasteiger partial charge is 0.170 e. The van der Waals surface area contributed by atoms with Gasteiger partial charge in [0.2, 0.25) is 0 Å². The summed E-state index contributed by atoms with van der Waals surface area (Å²) in [4.78, 5) is 2.14. The van der Waals surface area contributed by atoms with Gasteiger partial charge in [-0.3, -0.25) is 0 Å². The van der Waals surface area contributed by atoms with Crippen LogP contribution >= 0.6 is 11.8 Å². The lowest BCUT2D eigenvalue weighted by Gasteiger charge is -2.19. The van der Waals surface area contributed by atoms with Crippen molar-refractivity contribution < 1.29 is 5.21 Å². The summed E-state index contributed by atoms with van der Waals surface area (Å²) in [5, 5.41) is 11.6. The van der Waals surface area contributed by atoms with E-state index < -0.39 is 0 Å². The number of benzene rings is 1. The minimum atomic E-state index is 0.139. The Kier molecular flexibility index (Phi) is 4.98. The van der Waals surface area contributed by atoms with Crippen LogP contribution in [-0.4, -0.2) is 36.6 Å². The number of thioether (sulfide) groups is 1. The minimum Gasteiger partial charge on any atom is -0.409 e. The van der Waals surface area contributed by atoms with Gasteiger partial charge in [-0.2, -0.15) is 11.8 Å². The number of nitrogens with zero attached hydrogens (tertiary/aromatic N) is 2. The summed E-state index contributed by atoms with van der Waals surface area (Å²) in [7, 11) is 2.03. The Morgan fingerprint density at radius 2 is 2.31 bits per heavy atom. The lowest BCUT2D eigenvalue weighted by atomic mass is 10.2. The molecule has 3 N–H and O–H groups in total. The fourth-order valence-electron chi connectivity index (χ4n) is 1.32. The predicted molar refractivity (Wildman–Crippen MR) is 70.6 cm³/mol. The van der Waals surface area contributed by atoms with E-state index in [1.165, 1.54) is 0 Å². The summed E-state index contributed by atoms with van der Waals surface area (Å²) in [5.41, 5.74) is 7.34. The van der Waals surface area contributed by atoms with E-state index in [9.17, 15) is 0 Å². The van der Waals surface area contributed by atoms with E-state index in [1.54, 1.807) is 0 Å². The molecule has 1 rings (SSSR count). The molecule has 0 aliphatic carbocycles. The van der Waals surface area contributed by atoms with Crippen molar-refractivity contribution in [2.45, 2.75) is 0 Å². The number of rotatable bonds is 5. The Labute approximate surface area is 100 Å². The molecule has 1 aromatic carbocycles. The zero-order valence-corrected chi connectivity index (χ0v) is 10.4. The molecule has 0 atom stereocenters. The molecule has 0 aromatic heterocycles. The van der Waals surface area contributed by atoms with Gasteiger partial charge in [0.1, 0.15) is 0 Å². The maximum atomic E-state index is 8.61. The fraction of sp³-hybridized carbons (Fsp3) is 0.364. The van der Waals surface area contributed by atoms with Gasteiger partial charge in [-0.05, 0) is 18.4 Å². The van der Waals surface area contributed by atoms with Crippen LogP contribution in [0.4, 0.5) is 5.69 Å². The van der Waals surface area contributed by atoms with Gasteiger partial charge < -0.3 is 15.8 Å². The van der Waals surface area contributed by atoms with Crippen LogP contribution in [0, 0.1) is 0 Å². The first kappa shape index (κ1) is 12.7. The van der Waals surface area contributed by atoms with Crippen molar-refractivity contribution in [3.05, 3.63) is 29.8 Å². The van der Waals surface area contributed by atoms with E-state index in [1.807, 2.05) is 43.1 Å². The number of hydrogen-bond acceptors (Lipinski definition) is 4. The van der Waals surface area contributed by atoms with Crippen LogP contribution < -0.4 is 10.6 Å². The molecule has 0 spiro atoms. The van der Waals surface area contributed by atoms with Crippen molar-refractivity contribution in [1.82, 2.24) is 0 Å². The van der Waals surface area contributed by atoms with Crippen molar-refractivity contribution >= 4 is 23.3 Å². The topological polar surface area (TPSA) is 61.8 Å². The van der Waals surface area contributed by atoms with Crippen molar-refractivity contribution in [1.29, 1.82) is 0 Å². The van der Waals surface area contributed by atoms with Crippen molar-refractivity contribution in [2.75, 3.05) is 30.5 Å². The first-order valence-corrected chi connectivity index (χ1v) is 6.36. The van der Waals surface area contributed by atoms with E-state index in [0.29, 0.717) is 0 Å². The standard InChI is InChI=1S/C11H17N3OS/c1-14(6-7-16-2)10-5-3-4-9(8-10)11(12)13-15/h3-5,8,15H,6-7H2,1-2H3,(H2,12,13). The highest BCUT2D eigenvalue weighted by Gasteiger charge is 2.03. The number of anilines is 1. The molecule has 0 saturated heterocycles. The number of oxime groups is 1. The maximum absolute atomic E-state index is 8.61. The molecule has 16 heavy (non-hydrogen) atoms. The third-order valence-corrected chi connectivity index (χ3v) is 2.91. The summed E-state index contributed by atoms with van der Waals surface area (Å²) in [6, 6.07) is 7.64. The van der Waals surface area contributed by atoms with Crippen LogP contribution in [0.25, 0.3) is 0 Å². The molecule has 88 valence electrons.